The number of hydrogen-bond donors (Lipinski definition) is 2. The molecule has 0 unspecified atom stereocenters. The van der Waals surface area contributed by atoms with Crippen LogP contribution in [-0.4, -0.2) is 9.97 Å². The van der Waals surface area contributed by atoms with E-state index in [1.54, 1.807) is 6.92 Å². The average molecular weight is 292 g/mol. The third kappa shape index (κ3) is 2.86. The molecule has 0 radical (unpaired) electrons. The van der Waals surface area contributed by atoms with Crippen LogP contribution in [0.5, 0.6) is 0 Å². The number of aryl methyl sites for hydroxylation is 2. The molecule has 0 aliphatic heterocycles. The SMILES string of the molecule is Cc1nc(N)c(CCCc2cccc3ccccc23)c(N)n1. The lowest BCUT2D eigenvalue weighted by atomic mass is 9.99. The normalized spacial score (nSPS) is 11.0. The van der Waals surface area contributed by atoms with E-state index in [0.717, 1.165) is 24.8 Å². The highest BCUT2D eigenvalue weighted by molar-refractivity contribution is 5.85. The fourth-order valence-corrected chi connectivity index (χ4v) is 2.86. The third-order valence-electron chi connectivity index (χ3n) is 3.94. The quantitative estimate of drug-likeness (QED) is 0.773. The first-order chi connectivity index (χ1) is 10.6. The van der Waals surface area contributed by atoms with Gasteiger partial charge in [-0.1, -0.05) is 42.5 Å². The molecule has 0 fully saturated rings. The average Bonchev–Trinajstić information content (AvgIpc) is 2.50. The fourth-order valence-electron chi connectivity index (χ4n) is 2.86. The van der Waals surface area contributed by atoms with Crippen molar-refractivity contribution < 1.29 is 0 Å². The van der Waals surface area contributed by atoms with Crippen LogP contribution in [-0.2, 0) is 12.8 Å². The Kier molecular flexibility index (Phi) is 3.92. The minimum atomic E-state index is 0.503. The molecule has 0 saturated carbocycles. The zero-order valence-electron chi connectivity index (χ0n) is 12.7. The van der Waals surface area contributed by atoms with Gasteiger partial charge in [0.1, 0.15) is 17.5 Å². The van der Waals surface area contributed by atoms with E-state index in [2.05, 4.69) is 52.4 Å². The summed E-state index contributed by atoms with van der Waals surface area (Å²) in [5.41, 5.74) is 14.1. The molecule has 0 aliphatic rings. The highest BCUT2D eigenvalue weighted by Crippen LogP contribution is 2.22. The van der Waals surface area contributed by atoms with E-state index in [4.69, 9.17) is 11.5 Å². The maximum Gasteiger partial charge on any atom is 0.132 e. The molecule has 1 aromatic heterocycles. The summed E-state index contributed by atoms with van der Waals surface area (Å²) in [6.45, 7) is 1.80. The number of hydrogen-bond acceptors (Lipinski definition) is 4. The van der Waals surface area contributed by atoms with Crippen molar-refractivity contribution >= 4 is 22.4 Å². The van der Waals surface area contributed by atoms with E-state index in [9.17, 15) is 0 Å². The zero-order valence-corrected chi connectivity index (χ0v) is 12.7. The van der Waals surface area contributed by atoms with Crippen LogP contribution >= 0.6 is 0 Å². The van der Waals surface area contributed by atoms with Gasteiger partial charge < -0.3 is 11.5 Å². The highest BCUT2D eigenvalue weighted by Gasteiger charge is 2.08. The van der Waals surface area contributed by atoms with Crippen molar-refractivity contribution in [1.29, 1.82) is 0 Å². The second-order valence-electron chi connectivity index (χ2n) is 5.51. The molecule has 22 heavy (non-hydrogen) atoms. The Labute approximate surface area is 130 Å². The molecule has 0 saturated heterocycles. The van der Waals surface area contributed by atoms with Gasteiger partial charge in [-0.2, -0.15) is 0 Å². The summed E-state index contributed by atoms with van der Waals surface area (Å²) in [6, 6.07) is 14.9. The molecule has 3 rings (SSSR count). The number of benzene rings is 2. The zero-order chi connectivity index (χ0) is 15.5. The van der Waals surface area contributed by atoms with Gasteiger partial charge in [-0.15, -0.1) is 0 Å². The van der Waals surface area contributed by atoms with Gasteiger partial charge in [0.25, 0.3) is 0 Å². The van der Waals surface area contributed by atoms with Crippen LogP contribution < -0.4 is 11.5 Å². The van der Waals surface area contributed by atoms with E-state index in [0.29, 0.717) is 17.5 Å². The van der Waals surface area contributed by atoms with Gasteiger partial charge in [-0.25, -0.2) is 9.97 Å². The van der Waals surface area contributed by atoms with Gasteiger partial charge in [0.15, 0.2) is 0 Å². The number of aromatic nitrogens is 2. The molecule has 0 aliphatic carbocycles. The molecular weight excluding hydrogens is 272 g/mol. The van der Waals surface area contributed by atoms with Crippen molar-refractivity contribution in [3.05, 3.63) is 59.4 Å². The first-order valence-electron chi connectivity index (χ1n) is 7.50. The van der Waals surface area contributed by atoms with Crippen molar-refractivity contribution in [2.24, 2.45) is 0 Å². The Hall–Kier alpha value is -2.62. The van der Waals surface area contributed by atoms with Crippen molar-refractivity contribution in [1.82, 2.24) is 9.97 Å². The summed E-state index contributed by atoms with van der Waals surface area (Å²) in [6.07, 6.45) is 2.74. The Morgan fingerprint density at radius 3 is 2.32 bits per heavy atom. The number of anilines is 2. The molecule has 2 aromatic carbocycles. The molecule has 1 heterocycles. The van der Waals surface area contributed by atoms with Gasteiger partial charge >= 0.3 is 0 Å². The molecular formula is C18H20N4. The standard InChI is InChI=1S/C18H20N4/c1-12-21-17(19)16(18(20)22-12)11-5-9-14-8-4-7-13-6-2-3-10-15(13)14/h2-4,6-8,10H,5,9,11H2,1H3,(H4,19,20,21,22). The van der Waals surface area contributed by atoms with Crippen LogP contribution in [0.1, 0.15) is 23.4 Å². The van der Waals surface area contributed by atoms with E-state index < -0.39 is 0 Å². The van der Waals surface area contributed by atoms with Gasteiger partial charge in [0, 0.05) is 5.56 Å². The largest absolute Gasteiger partial charge is 0.383 e. The number of fused-ring (bicyclic) bond motifs is 1. The second kappa shape index (κ2) is 6.02. The monoisotopic (exact) mass is 292 g/mol. The maximum absolute atomic E-state index is 5.96. The Balaban J connectivity index is 1.76. The second-order valence-corrected chi connectivity index (χ2v) is 5.51. The Bertz CT molecular complexity index is 783. The van der Waals surface area contributed by atoms with E-state index >= 15 is 0 Å². The van der Waals surface area contributed by atoms with Crippen LogP contribution in [0.3, 0.4) is 0 Å². The number of rotatable bonds is 4. The summed E-state index contributed by atoms with van der Waals surface area (Å²) in [5, 5.41) is 2.59. The van der Waals surface area contributed by atoms with Gasteiger partial charge in [0.2, 0.25) is 0 Å². The van der Waals surface area contributed by atoms with Crippen LogP contribution in [0.2, 0.25) is 0 Å². The van der Waals surface area contributed by atoms with Crippen LogP contribution in [0.4, 0.5) is 11.6 Å². The lowest BCUT2D eigenvalue weighted by Crippen LogP contribution is -2.07. The molecule has 0 atom stereocenters. The van der Waals surface area contributed by atoms with Crippen LogP contribution in [0.15, 0.2) is 42.5 Å². The molecule has 112 valence electrons. The maximum atomic E-state index is 5.96. The summed E-state index contributed by atoms with van der Waals surface area (Å²) in [7, 11) is 0. The molecule has 0 spiro atoms. The van der Waals surface area contributed by atoms with Gasteiger partial charge in [0.05, 0.1) is 0 Å². The predicted molar refractivity (Wildman–Crippen MR) is 91.6 cm³/mol. The van der Waals surface area contributed by atoms with E-state index in [1.807, 2.05) is 0 Å². The predicted octanol–water partition coefficient (Wildman–Crippen LogP) is 3.28. The first kappa shape index (κ1) is 14.3. The number of nitrogens with two attached hydrogens (primary N) is 2. The lowest BCUT2D eigenvalue weighted by Gasteiger charge is -2.10. The molecule has 0 amide bonds. The highest BCUT2D eigenvalue weighted by atomic mass is 15.0. The third-order valence-corrected chi connectivity index (χ3v) is 3.94. The molecule has 4 heteroatoms. The minimum absolute atomic E-state index is 0.503. The number of nitrogen functional groups attached to an aromatic ring is 2. The lowest BCUT2D eigenvalue weighted by molar-refractivity contribution is 0.818. The fraction of sp³-hybridized carbons (Fsp3) is 0.222. The smallest absolute Gasteiger partial charge is 0.132 e. The molecule has 0 bridgehead atoms. The Morgan fingerprint density at radius 1 is 0.864 bits per heavy atom. The Morgan fingerprint density at radius 2 is 1.55 bits per heavy atom. The van der Waals surface area contributed by atoms with Crippen molar-refractivity contribution in [2.75, 3.05) is 11.5 Å². The summed E-state index contributed by atoms with van der Waals surface area (Å²) in [4.78, 5) is 8.39. The number of nitrogens with zero attached hydrogens (tertiary/aromatic N) is 2. The van der Waals surface area contributed by atoms with Gasteiger partial charge in [-0.05, 0) is 42.5 Å². The van der Waals surface area contributed by atoms with Crippen molar-refractivity contribution in [3.63, 3.8) is 0 Å². The van der Waals surface area contributed by atoms with Crippen molar-refractivity contribution in [2.45, 2.75) is 26.2 Å². The van der Waals surface area contributed by atoms with Gasteiger partial charge in [-0.3, -0.25) is 0 Å². The van der Waals surface area contributed by atoms with Crippen LogP contribution in [0, 0.1) is 6.92 Å². The molecule has 3 aromatic rings. The molecule has 4 N–H and O–H groups in total. The minimum Gasteiger partial charge on any atom is -0.383 e. The first-order valence-corrected chi connectivity index (χ1v) is 7.50. The summed E-state index contributed by atoms with van der Waals surface area (Å²) < 4.78 is 0. The summed E-state index contributed by atoms with van der Waals surface area (Å²) >= 11 is 0. The van der Waals surface area contributed by atoms with E-state index in [1.165, 1.54) is 16.3 Å². The van der Waals surface area contributed by atoms with Crippen molar-refractivity contribution in [3.8, 4) is 0 Å². The molecule has 4 nitrogen and oxygen atoms in total. The topological polar surface area (TPSA) is 77.8 Å². The summed E-state index contributed by atoms with van der Waals surface area (Å²) in [5.74, 6) is 1.62. The van der Waals surface area contributed by atoms with Crippen LogP contribution in [0.25, 0.3) is 10.8 Å². The van der Waals surface area contributed by atoms with E-state index in [-0.39, 0.29) is 0 Å².